The standard InChI is InChI=1S/C31H44F3N3O3Si/c1-19-13-14-21(17-22(19)18-39-41(11,12)29(6,7)8)24(30(9,10)27(38)40-28(3,4)5)23-15-16-37-25(20(23)2)35-36-26(37)31(32,33)34/h13-17,24H,18H2,1-12H3. The number of hydrogen-bond acceptors (Lipinski definition) is 5. The smallest absolute Gasteiger partial charge is 0.452 e. The van der Waals surface area contributed by atoms with Gasteiger partial charge in [-0.1, -0.05) is 39.0 Å². The molecule has 3 aromatic rings. The van der Waals surface area contributed by atoms with Crippen molar-refractivity contribution < 1.29 is 27.1 Å². The highest BCUT2D eigenvalue weighted by Crippen LogP contribution is 2.45. The zero-order chi connectivity index (χ0) is 31.3. The molecular weight excluding hydrogens is 547 g/mol. The summed E-state index contributed by atoms with van der Waals surface area (Å²) in [6.45, 7) is 24.2. The summed E-state index contributed by atoms with van der Waals surface area (Å²) < 4.78 is 54.1. The van der Waals surface area contributed by atoms with E-state index in [-0.39, 0.29) is 10.7 Å². The summed E-state index contributed by atoms with van der Waals surface area (Å²) in [6.07, 6.45) is -3.33. The van der Waals surface area contributed by atoms with Crippen molar-refractivity contribution >= 4 is 19.9 Å². The molecule has 41 heavy (non-hydrogen) atoms. The van der Waals surface area contributed by atoms with Crippen LogP contribution in [0.1, 0.15) is 94.9 Å². The summed E-state index contributed by atoms with van der Waals surface area (Å²) in [7, 11) is -2.04. The lowest BCUT2D eigenvalue weighted by Gasteiger charge is -2.37. The molecule has 0 saturated carbocycles. The lowest BCUT2D eigenvalue weighted by molar-refractivity contribution is -0.166. The first-order valence-electron chi connectivity index (χ1n) is 13.9. The third-order valence-electron chi connectivity index (χ3n) is 8.18. The fraction of sp³-hybridized carbons (Fsp3) is 0.581. The van der Waals surface area contributed by atoms with E-state index in [1.807, 2.05) is 59.7 Å². The predicted octanol–water partition coefficient (Wildman–Crippen LogP) is 8.39. The van der Waals surface area contributed by atoms with Crippen LogP contribution >= 0.6 is 0 Å². The number of halogens is 3. The molecule has 2 heterocycles. The van der Waals surface area contributed by atoms with Crippen LogP contribution in [0, 0.1) is 19.3 Å². The number of ether oxygens (including phenoxy) is 1. The zero-order valence-corrected chi connectivity index (χ0v) is 27.4. The van der Waals surface area contributed by atoms with Gasteiger partial charge in [0.25, 0.3) is 0 Å². The molecule has 0 aliphatic heterocycles. The van der Waals surface area contributed by atoms with Crippen LogP contribution in [-0.2, 0) is 26.7 Å². The summed E-state index contributed by atoms with van der Waals surface area (Å²) in [5.74, 6) is -2.06. The average molecular weight is 592 g/mol. The Hall–Kier alpha value is -2.72. The minimum absolute atomic E-state index is 0.0415. The van der Waals surface area contributed by atoms with Gasteiger partial charge in [0, 0.05) is 12.1 Å². The zero-order valence-electron chi connectivity index (χ0n) is 26.4. The maximum atomic E-state index is 13.7. The van der Waals surface area contributed by atoms with E-state index >= 15 is 0 Å². The number of nitrogens with zero attached hydrogens (tertiary/aromatic N) is 3. The summed E-state index contributed by atoms with van der Waals surface area (Å²) in [5.41, 5.74) is 2.36. The van der Waals surface area contributed by atoms with Crippen molar-refractivity contribution in [2.45, 2.75) is 112 Å². The van der Waals surface area contributed by atoms with Crippen LogP contribution in [0.4, 0.5) is 13.2 Å². The Morgan fingerprint density at radius 2 is 1.59 bits per heavy atom. The molecule has 6 nitrogen and oxygen atoms in total. The number of hydrogen-bond donors (Lipinski definition) is 0. The van der Waals surface area contributed by atoms with E-state index in [2.05, 4.69) is 44.1 Å². The highest BCUT2D eigenvalue weighted by Gasteiger charge is 2.44. The molecule has 2 aromatic heterocycles. The molecule has 0 amide bonds. The van der Waals surface area contributed by atoms with E-state index < -0.39 is 43.2 Å². The molecule has 3 rings (SSSR count). The van der Waals surface area contributed by atoms with Crippen LogP contribution in [0.15, 0.2) is 30.5 Å². The number of benzene rings is 1. The van der Waals surface area contributed by atoms with Crippen molar-refractivity contribution in [2.75, 3.05) is 0 Å². The average Bonchev–Trinajstić information content (AvgIpc) is 3.24. The van der Waals surface area contributed by atoms with Crippen LogP contribution in [0.2, 0.25) is 18.1 Å². The highest BCUT2D eigenvalue weighted by atomic mass is 28.4. The Balaban J connectivity index is 2.21. The minimum atomic E-state index is -4.65. The Bertz CT molecular complexity index is 1430. The van der Waals surface area contributed by atoms with Crippen molar-refractivity contribution in [3.8, 4) is 0 Å². The van der Waals surface area contributed by atoms with Crippen LogP contribution in [-0.4, -0.2) is 34.5 Å². The fourth-order valence-corrected chi connectivity index (χ4v) is 5.57. The van der Waals surface area contributed by atoms with Crippen molar-refractivity contribution in [1.82, 2.24) is 14.6 Å². The molecule has 0 aliphatic rings. The molecule has 10 heteroatoms. The van der Waals surface area contributed by atoms with E-state index in [1.165, 1.54) is 6.20 Å². The highest BCUT2D eigenvalue weighted by molar-refractivity contribution is 6.74. The normalized spacial score (nSPS) is 14.4. The summed E-state index contributed by atoms with van der Waals surface area (Å²) in [6, 6.07) is 7.65. The van der Waals surface area contributed by atoms with E-state index in [0.29, 0.717) is 17.7 Å². The fourth-order valence-electron chi connectivity index (χ4n) is 4.62. The first-order chi connectivity index (χ1) is 18.5. The number of carbonyl (C=O) groups is 1. The van der Waals surface area contributed by atoms with Crippen molar-refractivity contribution in [3.05, 3.63) is 64.1 Å². The molecule has 1 unspecified atom stereocenters. The molecule has 0 spiro atoms. The number of carbonyl (C=O) groups excluding carboxylic acids is 1. The Labute approximate surface area is 242 Å². The third kappa shape index (κ3) is 6.85. The van der Waals surface area contributed by atoms with Crippen LogP contribution < -0.4 is 0 Å². The number of aromatic nitrogens is 3. The number of aryl methyl sites for hydroxylation is 2. The number of alkyl halides is 3. The number of pyridine rings is 1. The molecule has 0 saturated heterocycles. The second-order valence-electron chi connectivity index (χ2n) is 14.0. The van der Waals surface area contributed by atoms with Gasteiger partial charge in [0.05, 0.1) is 12.0 Å². The molecule has 0 radical (unpaired) electrons. The van der Waals surface area contributed by atoms with Gasteiger partial charge in [0.2, 0.25) is 5.82 Å². The lowest BCUT2D eigenvalue weighted by Crippen LogP contribution is -2.40. The summed E-state index contributed by atoms with van der Waals surface area (Å²) >= 11 is 0. The molecule has 0 fully saturated rings. The van der Waals surface area contributed by atoms with Gasteiger partial charge in [-0.15, -0.1) is 10.2 Å². The van der Waals surface area contributed by atoms with E-state index in [0.717, 1.165) is 21.1 Å². The van der Waals surface area contributed by atoms with Gasteiger partial charge in [0.15, 0.2) is 14.0 Å². The quantitative estimate of drug-likeness (QED) is 0.204. The first kappa shape index (κ1) is 32.8. The van der Waals surface area contributed by atoms with Gasteiger partial charge in [-0.05, 0) is 100 Å². The van der Waals surface area contributed by atoms with Gasteiger partial charge in [-0.3, -0.25) is 9.20 Å². The van der Waals surface area contributed by atoms with Crippen molar-refractivity contribution in [2.24, 2.45) is 5.41 Å². The molecule has 1 atom stereocenters. The van der Waals surface area contributed by atoms with E-state index in [1.54, 1.807) is 13.0 Å². The second-order valence-corrected chi connectivity index (χ2v) is 18.8. The topological polar surface area (TPSA) is 65.7 Å². The molecule has 0 N–H and O–H groups in total. The first-order valence-corrected chi connectivity index (χ1v) is 16.8. The summed E-state index contributed by atoms with van der Waals surface area (Å²) in [5, 5.41) is 7.34. The molecular formula is C31H44F3N3O3Si. The monoisotopic (exact) mass is 591 g/mol. The number of fused-ring (bicyclic) bond motifs is 1. The Morgan fingerprint density at radius 1 is 0.976 bits per heavy atom. The molecule has 226 valence electrons. The van der Waals surface area contributed by atoms with Crippen LogP contribution in [0.25, 0.3) is 5.65 Å². The second kappa shape index (κ2) is 10.8. The van der Waals surface area contributed by atoms with Gasteiger partial charge in [-0.2, -0.15) is 13.2 Å². The predicted molar refractivity (Wildman–Crippen MR) is 157 cm³/mol. The Kier molecular flexibility index (Phi) is 8.67. The summed E-state index contributed by atoms with van der Waals surface area (Å²) in [4.78, 5) is 13.7. The van der Waals surface area contributed by atoms with Gasteiger partial charge < -0.3 is 9.16 Å². The van der Waals surface area contributed by atoms with Crippen molar-refractivity contribution in [3.63, 3.8) is 0 Å². The van der Waals surface area contributed by atoms with Gasteiger partial charge in [-0.25, -0.2) is 0 Å². The van der Waals surface area contributed by atoms with E-state index in [9.17, 15) is 18.0 Å². The third-order valence-corrected chi connectivity index (χ3v) is 12.7. The maximum absolute atomic E-state index is 13.7. The van der Waals surface area contributed by atoms with E-state index in [4.69, 9.17) is 9.16 Å². The van der Waals surface area contributed by atoms with Crippen molar-refractivity contribution in [1.29, 1.82) is 0 Å². The van der Waals surface area contributed by atoms with Crippen LogP contribution in [0.5, 0.6) is 0 Å². The van der Waals surface area contributed by atoms with Gasteiger partial charge >= 0.3 is 12.1 Å². The van der Waals surface area contributed by atoms with Gasteiger partial charge in [0.1, 0.15) is 5.60 Å². The van der Waals surface area contributed by atoms with Crippen LogP contribution in [0.3, 0.4) is 0 Å². The largest absolute Gasteiger partial charge is 0.460 e. The number of rotatable bonds is 7. The maximum Gasteiger partial charge on any atom is 0.452 e. The molecule has 0 bridgehead atoms. The molecule has 0 aliphatic carbocycles. The minimum Gasteiger partial charge on any atom is -0.460 e. The number of esters is 1. The Morgan fingerprint density at radius 3 is 2.12 bits per heavy atom. The SMILES string of the molecule is Cc1ccc(C(c2ccn3c(C(F)(F)F)nnc3c2C)C(C)(C)C(=O)OC(C)(C)C)cc1CO[Si](C)(C)C(C)(C)C. The molecule has 1 aromatic carbocycles. The lowest BCUT2D eigenvalue weighted by atomic mass is 9.70.